The van der Waals surface area contributed by atoms with Crippen molar-refractivity contribution >= 4 is 16.8 Å². The first-order valence-corrected chi connectivity index (χ1v) is 9.14. The van der Waals surface area contributed by atoms with Crippen molar-refractivity contribution in [2.45, 2.75) is 12.7 Å². The molecule has 7 heteroatoms. The van der Waals surface area contributed by atoms with Gasteiger partial charge >= 0.3 is 6.18 Å². The largest absolute Gasteiger partial charge is 0.416 e. The summed E-state index contributed by atoms with van der Waals surface area (Å²) in [5, 5.41) is 3.20. The summed E-state index contributed by atoms with van der Waals surface area (Å²) in [5.74, 6) is -0.933. The smallest absolute Gasteiger partial charge is 0.350 e. The molecule has 0 aliphatic heterocycles. The lowest BCUT2D eigenvalue weighted by Gasteiger charge is -2.10. The highest BCUT2D eigenvalue weighted by Gasteiger charge is 2.30. The highest BCUT2D eigenvalue weighted by Crippen LogP contribution is 2.33. The van der Waals surface area contributed by atoms with Crippen LogP contribution in [-0.2, 0) is 12.7 Å². The van der Waals surface area contributed by atoms with Gasteiger partial charge in [-0.3, -0.25) is 4.79 Å². The number of H-pyrrole nitrogens is 1. The maximum Gasteiger partial charge on any atom is 0.416 e. The summed E-state index contributed by atoms with van der Waals surface area (Å²) in [4.78, 5) is 15.9. The van der Waals surface area contributed by atoms with Gasteiger partial charge in [0.1, 0.15) is 11.5 Å². The number of hydrogen-bond acceptors (Lipinski definition) is 1. The van der Waals surface area contributed by atoms with Crippen LogP contribution >= 0.6 is 0 Å². The fraction of sp³-hybridized carbons (Fsp3) is 0.0870. The normalized spacial score (nSPS) is 11.6. The number of hydrogen-bond donors (Lipinski definition) is 2. The average molecular weight is 412 g/mol. The molecule has 0 saturated heterocycles. The molecular weight excluding hydrogens is 396 g/mol. The van der Waals surface area contributed by atoms with Gasteiger partial charge in [-0.05, 0) is 41.5 Å². The van der Waals surface area contributed by atoms with Crippen LogP contribution in [-0.4, -0.2) is 10.9 Å². The highest BCUT2D eigenvalue weighted by atomic mass is 19.4. The first-order valence-electron chi connectivity index (χ1n) is 9.14. The minimum absolute atomic E-state index is 0.0826. The number of nitrogens with one attached hydrogen (secondary N) is 2. The monoisotopic (exact) mass is 412 g/mol. The number of benzene rings is 3. The van der Waals surface area contributed by atoms with E-state index in [1.165, 1.54) is 24.3 Å². The van der Waals surface area contributed by atoms with Gasteiger partial charge in [0.05, 0.1) is 5.56 Å². The van der Waals surface area contributed by atoms with Crippen molar-refractivity contribution < 1.29 is 22.4 Å². The van der Waals surface area contributed by atoms with Gasteiger partial charge in [-0.15, -0.1) is 0 Å². The van der Waals surface area contributed by atoms with Gasteiger partial charge in [-0.25, -0.2) is 4.39 Å². The molecule has 1 amide bonds. The summed E-state index contributed by atoms with van der Waals surface area (Å²) in [5.41, 5.74) is 1.60. The Labute approximate surface area is 169 Å². The lowest BCUT2D eigenvalue weighted by Crippen LogP contribution is -2.24. The SMILES string of the molecule is O=C(NCc1cccc(C(F)(F)F)c1)c1[nH]c2ccc(F)cc2c1-c1ccccc1. The van der Waals surface area contributed by atoms with Gasteiger partial charge in [0.15, 0.2) is 0 Å². The minimum atomic E-state index is -4.46. The number of alkyl halides is 3. The second-order valence-corrected chi connectivity index (χ2v) is 6.81. The number of carbonyl (C=O) groups excluding carboxylic acids is 1. The zero-order valence-corrected chi connectivity index (χ0v) is 15.6. The second kappa shape index (κ2) is 7.67. The van der Waals surface area contributed by atoms with Gasteiger partial charge in [0.25, 0.3) is 5.91 Å². The van der Waals surface area contributed by atoms with Crippen molar-refractivity contribution in [2.75, 3.05) is 0 Å². The molecule has 1 aromatic heterocycles. The lowest BCUT2D eigenvalue weighted by atomic mass is 10.0. The Morgan fingerprint density at radius 3 is 2.43 bits per heavy atom. The van der Waals surface area contributed by atoms with E-state index in [4.69, 9.17) is 0 Å². The predicted octanol–water partition coefficient (Wildman–Crippen LogP) is 5.92. The Bertz CT molecular complexity index is 1210. The van der Waals surface area contributed by atoms with Crippen molar-refractivity contribution in [3.05, 3.63) is 95.4 Å². The van der Waals surface area contributed by atoms with Crippen molar-refractivity contribution in [3.63, 3.8) is 0 Å². The Morgan fingerprint density at radius 2 is 1.70 bits per heavy atom. The summed E-state index contributed by atoms with van der Waals surface area (Å²) >= 11 is 0. The van der Waals surface area contributed by atoms with Crippen LogP contribution in [0.4, 0.5) is 17.6 Å². The number of amides is 1. The maximum atomic E-state index is 13.8. The molecule has 0 atom stereocenters. The van der Waals surface area contributed by atoms with Gasteiger partial charge in [0.2, 0.25) is 0 Å². The molecule has 2 N–H and O–H groups in total. The average Bonchev–Trinajstić information content (AvgIpc) is 3.11. The fourth-order valence-corrected chi connectivity index (χ4v) is 3.37. The Morgan fingerprint density at radius 1 is 0.933 bits per heavy atom. The van der Waals surface area contributed by atoms with Crippen molar-refractivity contribution in [1.82, 2.24) is 10.3 Å². The lowest BCUT2D eigenvalue weighted by molar-refractivity contribution is -0.137. The van der Waals surface area contributed by atoms with Gasteiger partial charge in [-0.2, -0.15) is 13.2 Å². The molecular formula is C23H16F4N2O. The minimum Gasteiger partial charge on any atom is -0.350 e. The molecule has 0 unspecified atom stereocenters. The van der Waals surface area contributed by atoms with Crippen LogP contribution in [0.15, 0.2) is 72.8 Å². The summed E-state index contributed by atoms with van der Waals surface area (Å²) in [7, 11) is 0. The van der Waals surface area contributed by atoms with E-state index in [0.29, 0.717) is 22.0 Å². The van der Waals surface area contributed by atoms with E-state index in [1.807, 2.05) is 6.07 Å². The fourth-order valence-electron chi connectivity index (χ4n) is 3.37. The van der Waals surface area contributed by atoms with E-state index in [2.05, 4.69) is 10.3 Å². The summed E-state index contributed by atoms with van der Waals surface area (Å²) in [6.07, 6.45) is -4.46. The van der Waals surface area contributed by atoms with Gasteiger partial charge in [-0.1, -0.05) is 42.5 Å². The molecule has 152 valence electrons. The van der Waals surface area contributed by atoms with Crippen molar-refractivity contribution in [1.29, 1.82) is 0 Å². The Kier molecular flexibility index (Phi) is 5.03. The van der Waals surface area contributed by atoms with Crippen LogP contribution < -0.4 is 5.32 Å². The third kappa shape index (κ3) is 3.91. The number of fused-ring (bicyclic) bond motifs is 1. The highest BCUT2D eigenvalue weighted by molar-refractivity contribution is 6.09. The molecule has 0 aliphatic carbocycles. The number of aromatic nitrogens is 1. The molecule has 3 aromatic carbocycles. The van der Waals surface area contributed by atoms with Crippen molar-refractivity contribution in [3.8, 4) is 11.1 Å². The molecule has 0 fully saturated rings. The summed E-state index contributed by atoms with van der Waals surface area (Å²) < 4.78 is 52.5. The molecule has 4 rings (SSSR count). The van der Waals surface area contributed by atoms with E-state index in [-0.39, 0.29) is 12.2 Å². The molecule has 0 saturated carbocycles. The molecule has 0 aliphatic rings. The molecule has 0 radical (unpaired) electrons. The van der Waals surface area contributed by atoms with E-state index < -0.39 is 23.5 Å². The van der Waals surface area contributed by atoms with E-state index in [1.54, 1.807) is 30.3 Å². The van der Waals surface area contributed by atoms with Crippen LogP contribution in [0.2, 0.25) is 0 Å². The number of carbonyl (C=O) groups is 1. The standard InChI is InChI=1S/C23H16F4N2O/c24-17-9-10-19-18(12-17)20(15-6-2-1-3-7-15)21(29-19)22(30)28-13-14-5-4-8-16(11-14)23(25,26)27/h1-12,29H,13H2,(H,28,30). The maximum absolute atomic E-state index is 13.8. The molecule has 3 nitrogen and oxygen atoms in total. The third-order valence-electron chi connectivity index (χ3n) is 4.76. The first-order chi connectivity index (χ1) is 14.3. The second-order valence-electron chi connectivity index (χ2n) is 6.81. The van der Waals surface area contributed by atoms with Gasteiger partial charge < -0.3 is 10.3 Å². The molecule has 1 heterocycles. The van der Waals surface area contributed by atoms with E-state index >= 15 is 0 Å². The molecule has 30 heavy (non-hydrogen) atoms. The summed E-state index contributed by atoms with van der Waals surface area (Å²) in [6.45, 7) is -0.0826. The number of halogens is 4. The first kappa shape index (κ1) is 19.7. The zero-order chi connectivity index (χ0) is 21.3. The molecule has 4 aromatic rings. The number of rotatable bonds is 4. The predicted molar refractivity (Wildman–Crippen MR) is 106 cm³/mol. The van der Waals surface area contributed by atoms with Crippen LogP contribution in [0.5, 0.6) is 0 Å². The molecule has 0 spiro atoms. The summed E-state index contributed by atoms with van der Waals surface area (Å²) in [6, 6.07) is 18.0. The topological polar surface area (TPSA) is 44.9 Å². The Balaban J connectivity index is 1.67. The van der Waals surface area contributed by atoms with Crippen LogP contribution in [0.25, 0.3) is 22.0 Å². The zero-order valence-electron chi connectivity index (χ0n) is 15.6. The quantitative estimate of drug-likeness (QED) is 0.402. The Hall–Kier alpha value is -3.61. The molecule has 0 bridgehead atoms. The van der Waals surface area contributed by atoms with Crippen LogP contribution in [0, 0.1) is 5.82 Å². The van der Waals surface area contributed by atoms with E-state index in [0.717, 1.165) is 17.7 Å². The van der Waals surface area contributed by atoms with Crippen molar-refractivity contribution in [2.24, 2.45) is 0 Å². The third-order valence-corrected chi connectivity index (χ3v) is 4.76. The number of aromatic amines is 1. The van der Waals surface area contributed by atoms with E-state index in [9.17, 15) is 22.4 Å². The van der Waals surface area contributed by atoms with Crippen LogP contribution in [0.3, 0.4) is 0 Å². The van der Waals surface area contributed by atoms with Gasteiger partial charge in [0, 0.05) is 23.0 Å². The van der Waals surface area contributed by atoms with Crippen LogP contribution in [0.1, 0.15) is 21.6 Å².